The summed E-state index contributed by atoms with van der Waals surface area (Å²) in [6, 6.07) is 11.6. The minimum absolute atomic E-state index is 0.167. The fourth-order valence-corrected chi connectivity index (χ4v) is 3.03. The molecule has 1 heterocycles. The lowest BCUT2D eigenvalue weighted by atomic mass is 9.97. The van der Waals surface area contributed by atoms with Crippen LogP contribution in [0.3, 0.4) is 0 Å². The van der Waals surface area contributed by atoms with Gasteiger partial charge in [0.05, 0.1) is 24.3 Å². The van der Waals surface area contributed by atoms with Crippen molar-refractivity contribution in [1.29, 1.82) is 0 Å². The monoisotopic (exact) mass is 403 g/mol. The van der Waals surface area contributed by atoms with Crippen molar-refractivity contribution < 1.29 is 28.6 Å². The predicted molar refractivity (Wildman–Crippen MR) is 102 cm³/mol. The van der Waals surface area contributed by atoms with Crippen LogP contribution in [0.1, 0.15) is 15.9 Å². The van der Waals surface area contributed by atoms with Crippen LogP contribution in [0, 0.1) is 5.92 Å². The number of carbonyl (C=O) groups is 3. The molecule has 8 heteroatoms. The summed E-state index contributed by atoms with van der Waals surface area (Å²) in [6.07, 6.45) is 0.418. The van der Waals surface area contributed by atoms with Gasteiger partial charge in [-0.1, -0.05) is 23.7 Å². The second-order valence-electron chi connectivity index (χ2n) is 6.16. The molecule has 1 N–H and O–H groups in total. The molecule has 1 aliphatic rings. The van der Waals surface area contributed by atoms with Crippen LogP contribution in [-0.4, -0.2) is 38.2 Å². The zero-order valence-corrected chi connectivity index (χ0v) is 15.8. The molecule has 1 aliphatic heterocycles. The largest absolute Gasteiger partial charge is 0.492 e. The van der Waals surface area contributed by atoms with Gasteiger partial charge in [0.15, 0.2) is 6.61 Å². The van der Waals surface area contributed by atoms with Gasteiger partial charge in [0.1, 0.15) is 12.4 Å². The Morgan fingerprint density at radius 1 is 1.21 bits per heavy atom. The Morgan fingerprint density at radius 2 is 2.00 bits per heavy atom. The Balaban J connectivity index is 1.55. The van der Waals surface area contributed by atoms with E-state index in [0.29, 0.717) is 17.2 Å². The van der Waals surface area contributed by atoms with E-state index in [2.05, 4.69) is 10.1 Å². The molecule has 0 aromatic heterocycles. The average Bonchev–Trinajstić information content (AvgIpc) is 2.71. The second-order valence-corrected chi connectivity index (χ2v) is 6.59. The molecule has 1 amide bonds. The van der Waals surface area contributed by atoms with Crippen LogP contribution in [0.2, 0.25) is 5.02 Å². The fourth-order valence-electron chi connectivity index (χ4n) is 2.84. The molecule has 0 radical (unpaired) electrons. The van der Waals surface area contributed by atoms with Gasteiger partial charge in [-0.2, -0.15) is 0 Å². The molecule has 0 bridgehead atoms. The number of nitrogens with one attached hydrogen (secondary N) is 1. The van der Waals surface area contributed by atoms with Crippen LogP contribution >= 0.6 is 11.6 Å². The van der Waals surface area contributed by atoms with Crippen molar-refractivity contribution in [3.8, 4) is 5.75 Å². The summed E-state index contributed by atoms with van der Waals surface area (Å²) in [4.78, 5) is 36.1. The number of carbonyl (C=O) groups excluding carboxylic acids is 3. The van der Waals surface area contributed by atoms with Crippen LogP contribution in [0.15, 0.2) is 42.5 Å². The number of hydrogen-bond acceptors (Lipinski definition) is 6. The summed E-state index contributed by atoms with van der Waals surface area (Å²) >= 11 is 5.97. The first-order valence-electron chi connectivity index (χ1n) is 8.53. The number of para-hydroxylation sites is 1. The van der Waals surface area contributed by atoms with Gasteiger partial charge in [0.2, 0.25) is 0 Å². The third-order valence-electron chi connectivity index (χ3n) is 4.21. The van der Waals surface area contributed by atoms with Crippen molar-refractivity contribution in [3.63, 3.8) is 0 Å². The first kappa shape index (κ1) is 19.7. The van der Waals surface area contributed by atoms with Crippen LogP contribution in [0.5, 0.6) is 5.75 Å². The van der Waals surface area contributed by atoms with Gasteiger partial charge in [0, 0.05) is 5.02 Å². The summed E-state index contributed by atoms with van der Waals surface area (Å²) in [5.74, 6) is -1.52. The topological polar surface area (TPSA) is 90.9 Å². The first-order valence-corrected chi connectivity index (χ1v) is 8.90. The van der Waals surface area contributed by atoms with Crippen LogP contribution in [-0.2, 0) is 25.5 Å². The number of rotatable bonds is 5. The molecule has 0 unspecified atom stereocenters. The lowest BCUT2D eigenvalue weighted by Crippen LogP contribution is -2.32. The van der Waals surface area contributed by atoms with E-state index >= 15 is 0 Å². The van der Waals surface area contributed by atoms with Crippen LogP contribution in [0.4, 0.5) is 5.69 Å². The lowest BCUT2D eigenvalue weighted by molar-refractivity contribution is -0.152. The maximum Gasteiger partial charge on any atom is 0.339 e. The molecule has 28 heavy (non-hydrogen) atoms. The van der Waals surface area contributed by atoms with E-state index in [1.807, 2.05) is 0 Å². The highest BCUT2D eigenvalue weighted by Gasteiger charge is 2.28. The Morgan fingerprint density at radius 3 is 2.79 bits per heavy atom. The van der Waals surface area contributed by atoms with Crippen molar-refractivity contribution in [2.75, 3.05) is 25.6 Å². The summed E-state index contributed by atoms with van der Waals surface area (Å²) in [6.45, 7) is -0.312. The third kappa shape index (κ3) is 4.61. The summed E-state index contributed by atoms with van der Waals surface area (Å²) in [5, 5.41) is 3.10. The number of hydrogen-bond donors (Lipinski definition) is 1. The minimum Gasteiger partial charge on any atom is -0.492 e. The maximum absolute atomic E-state index is 12.3. The summed E-state index contributed by atoms with van der Waals surface area (Å²) < 4.78 is 15.3. The van der Waals surface area contributed by atoms with Gasteiger partial charge in [0.25, 0.3) is 5.91 Å². The van der Waals surface area contributed by atoms with Crippen LogP contribution in [0.25, 0.3) is 0 Å². The molecule has 7 nitrogen and oxygen atoms in total. The Hall–Kier alpha value is -3.06. The van der Waals surface area contributed by atoms with Gasteiger partial charge in [-0.05, 0) is 42.3 Å². The molecule has 146 valence electrons. The van der Waals surface area contributed by atoms with E-state index in [1.165, 1.54) is 13.2 Å². The molecule has 3 rings (SSSR count). The van der Waals surface area contributed by atoms with E-state index in [-0.39, 0.29) is 17.9 Å². The van der Waals surface area contributed by atoms with Gasteiger partial charge >= 0.3 is 11.9 Å². The van der Waals surface area contributed by atoms with E-state index in [9.17, 15) is 14.4 Å². The number of fused-ring (bicyclic) bond motifs is 1. The zero-order valence-electron chi connectivity index (χ0n) is 15.1. The molecule has 1 atom stereocenters. The first-order chi connectivity index (χ1) is 13.5. The number of amides is 1. The predicted octanol–water partition coefficient (Wildman–Crippen LogP) is 2.86. The number of halogens is 1. The summed E-state index contributed by atoms with van der Waals surface area (Å²) in [5.41, 5.74) is 1.30. The van der Waals surface area contributed by atoms with Gasteiger partial charge in [-0.15, -0.1) is 0 Å². The van der Waals surface area contributed by atoms with Crippen molar-refractivity contribution in [3.05, 3.63) is 58.6 Å². The van der Waals surface area contributed by atoms with E-state index < -0.39 is 30.4 Å². The minimum atomic E-state index is -0.579. The second kappa shape index (κ2) is 8.75. The third-order valence-corrected chi connectivity index (χ3v) is 4.45. The number of anilines is 1. The SMILES string of the molecule is COC(=O)c1ccccc1NC(=O)COC(=O)[C@@H]1COc2ccc(Cl)cc2C1. The molecular weight excluding hydrogens is 386 g/mol. The number of methoxy groups -OCH3 is 1. The molecule has 2 aromatic rings. The molecule has 0 spiro atoms. The van der Waals surface area contributed by atoms with Crippen molar-refractivity contribution in [2.45, 2.75) is 6.42 Å². The number of ether oxygens (including phenoxy) is 3. The van der Waals surface area contributed by atoms with Gasteiger partial charge in [-0.3, -0.25) is 9.59 Å². The van der Waals surface area contributed by atoms with Crippen molar-refractivity contribution in [1.82, 2.24) is 0 Å². The smallest absolute Gasteiger partial charge is 0.339 e. The molecule has 0 saturated heterocycles. The van der Waals surface area contributed by atoms with Gasteiger partial charge in [-0.25, -0.2) is 4.79 Å². The van der Waals surface area contributed by atoms with Gasteiger partial charge < -0.3 is 19.5 Å². The molecule has 2 aromatic carbocycles. The highest BCUT2D eigenvalue weighted by molar-refractivity contribution is 6.30. The normalized spacial score (nSPS) is 15.0. The lowest BCUT2D eigenvalue weighted by Gasteiger charge is -2.24. The zero-order chi connectivity index (χ0) is 20.1. The Labute approximate surface area is 166 Å². The highest BCUT2D eigenvalue weighted by Crippen LogP contribution is 2.30. The Kier molecular flexibility index (Phi) is 6.16. The van der Waals surface area contributed by atoms with Crippen molar-refractivity contribution in [2.24, 2.45) is 5.92 Å². The van der Waals surface area contributed by atoms with E-state index in [0.717, 1.165) is 5.56 Å². The van der Waals surface area contributed by atoms with E-state index in [4.69, 9.17) is 21.1 Å². The molecule has 0 aliphatic carbocycles. The highest BCUT2D eigenvalue weighted by atomic mass is 35.5. The summed E-state index contributed by atoms with van der Waals surface area (Å²) in [7, 11) is 1.25. The Bertz CT molecular complexity index is 913. The number of benzene rings is 2. The fraction of sp³-hybridized carbons (Fsp3) is 0.250. The average molecular weight is 404 g/mol. The molecule has 0 saturated carbocycles. The van der Waals surface area contributed by atoms with Crippen LogP contribution < -0.4 is 10.1 Å². The van der Waals surface area contributed by atoms with Crippen molar-refractivity contribution >= 4 is 35.1 Å². The number of esters is 2. The maximum atomic E-state index is 12.3. The quantitative estimate of drug-likeness (QED) is 0.772. The standard InChI is InChI=1S/C20H18ClNO6/c1-26-20(25)15-4-2-3-5-16(15)22-18(23)11-28-19(24)13-8-12-9-14(21)6-7-17(12)27-10-13/h2-7,9,13H,8,10-11H2,1H3,(H,22,23)/t13-/m0/s1. The van der Waals surface area contributed by atoms with E-state index in [1.54, 1.807) is 36.4 Å². The molecule has 0 fully saturated rings. The molecular formula is C20H18ClNO6.